The zero-order chi connectivity index (χ0) is 12.0. The van der Waals surface area contributed by atoms with Gasteiger partial charge in [0.25, 0.3) is 0 Å². The molecule has 1 atom stereocenters. The van der Waals surface area contributed by atoms with Crippen LogP contribution in [0.25, 0.3) is 0 Å². The van der Waals surface area contributed by atoms with Gasteiger partial charge in [0.1, 0.15) is 4.60 Å². The van der Waals surface area contributed by atoms with E-state index in [-0.39, 0.29) is 0 Å². The van der Waals surface area contributed by atoms with Gasteiger partial charge in [-0.3, -0.25) is 0 Å². The van der Waals surface area contributed by atoms with Gasteiger partial charge in [-0.25, -0.2) is 4.98 Å². The fourth-order valence-corrected chi connectivity index (χ4v) is 1.76. The minimum atomic E-state index is 0.517. The molecule has 0 aromatic carbocycles. The molecular formula is C12H20BrN3. The molecule has 0 aliphatic heterocycles. The van der Waals surface area contributed by atoms with E-state index in [1.165, 1.54) is 0 Å². The number of rotatable bonds is 6. The third-order valence-corrected chi connectivity index (χ3v) is 2.86. The molecule has 0 spiro atoms. The summed E-state index contributed by atoms with van der Waals surface area (Å²) in [6.45, 7) is 4.15. The fourth-order valence-electron chi connectivity index (χ4n) is 1.38. The topological polar surface area (TPSA) is 28.2 Å². The molecular weight excluding hydrogens is 266 g/mol. The van der Waals surface area contributed by atoms with Crippen LogP contribution >= 0.6 is 15.9 Å². The van der Waals surface area contributed by atoms with Crippen molar-refractivity contribution in [3.63, 3.8) is 0 Å². The van der Waals surface area contributed by atoms with E-state index in [1.54, 1.807) is 0 Å². The van der Waals surface area contributed by atoms with E-state index in [0.717, 1.165) is 29.8 Å². The maximum absolute atomic E-state index is 4.38. The second-order valence-electron chi connectivity index (χ2n) is 4.33. The Kier molecular flexibility index (Phi) is 5.95. The van der Waals surface area contributed by atoms with Gasteiger partial charge >= 0.3 is 0 Å². The molecule has 0 aliphatic rings. The van der Waals surface area contributed by atoms with E-state index in [4.69, 9.17) is 0 Å². The second kappa shape index (κ2) is 6.99. The highest BCUT2D eigenvalue weighted by Crippen LogP contribution is 2.06. The molecule has 3 nitrogen and oxygen atoms in total. The van der Waals surface area contributed by atoms with Crippen LogP contribution in [0, 0.1) is 0 Å². The molecule has 0 fully saturated rings. The van der Waals surface area contributed by atoms with Crippen LogP contribution in [0.5, 0.6) is 0 Å². The van der Waals surface area contributed by atoms with Crippen LogP contribution in [-0.4, -0.2) is 36.6 Å². The van der Waals surface area contributed by atoms with Crippen molar-refractivity contribution in [3.8, 4) is 0 Å². The molecule has 90 valence electrons. The van der Waals surface area contributed by atoms with Crippen LogP contribution < -0.4 is 5.32 Å². The molecule has 0 amide bonds. The van der Waals surface area contributed by atoms with Gasteiger partial charge in [0.15, 0.2) is 0 Å². The van der Waals surface area contributed by atoms with Crippen molar-refractivity contribution >= 4 is 15.9 Å². The standard InChI is InChI=1S/C12H20BrN3/c1-10(7-8-16(2)3)14-9-11-5-4-6-12(13)15-11/h4-6,10,14H,7-9H2,1-3H3. The highest BCUT2D eigenvalue weighted by molar-refractivity contribution is 9.10. The summed E-state index contributed by atoms with van der Waals surface area (Å²) in [5, 5.41) is 3.47. The number of halogens is 1. The lowest BCUT2D eigenvalue weighted by atomic mass is 10.2. The molecule has 0 saturated heterocycles. The van der Waals surface area contributed by atoms with Gasteiger partial charge < -0.3 is 10.2 Å². The summed E-state index contributed by atoms with van der Waals surface area (Å²) in [7, 11) is 4.20. The first kappa shape index (κ1) is 13.6. The lowest BCUT2D eigenvalue weighted by molar-refractivity contribution is 0.365. The number of aromatic nitrogens is 1. The Hall–Kier alpha value is -0.450. The normalized spacial score (nSPS) is 13.1. The van der Waals surface area contributed by atoms with E-state index in [9.17, 15) is 0 Å². The van der Waals surface area contributed by atoms with Gasteiger partial charge in [0, 0.05) is 12.6 Å². The molecule has 0 saturated carbocycles. The fraction of sp³-hybridized carbons (Fsp3) is 0.583. The van der Waals surface area contributed by atoms with E-state index < -0.39 is 0 Å². The van der Waals surface area contributed by atoms with Crippen LogP contribution in [0.3, 0.4) is 0 Å². The van der Waals surface area contributed by atoms with Crippen molar-refractivity contribution in [2.75, 3.05) is 20.6 Å². The monoisotopic (exact) mass is 285 g/mol. The first-order chi connectivity index (χ1) is 7.58. The van der Waals surface area contributed by atoms with Gasteiger partial charge in [0.2, 0.25) is 0 Å². The third-order valence-electron chi connectivity index (χ3n) is 2.41. The average molecular weight is 286 g/mol. The number of nitrogens with zero attached hydrogens (tertiary/aromatic N) is 2. The second-order valence-corrected chi connectivity index (χ2v) is 5.14. The molecule has 1 N–H and O–H groups in total. The van der Waals surface area contributed by atoms with Gasteiger partial charge in [-0.05, 0) is 62.0 Å². The summed E-state index contributed by atoms with van der Waals surface area (Å²) in [5.41, 5.74) is 1.08. The molecule has 0 radical (unpaired) electrons. The lowest BCUT2D eigenvalue weighted by Gasteiger charge is -2.16. The highest BCUT2D eigenvalue weighted by Gasteiger charge is 2.03. The average Bonchev–Trinajstić information content (AvgIpc) is 2.23. The van der Waals surface area contributed by atoms with E-state index >= 15 is 0 Å². The van der Waals surface area contributed by atoms with Crippen LogP contribution in [-0.2, 0) is 6.54 Å². The first-order valence-corrected chi connectivity index (χ1v) is 6.37. The molecule has 0 bridgehead atoms. The smallest absolute Gasteiger partial charge is 0.106 e. The van der Waals surface area contributed by atoms with Crippen LogP contribution in [0.1, 0.15) is 19.0 Å². The predicted octanol–water partition coefficient (Wildman–Crippen LogP) is 2.27. The van der Waals surface area contributed by atoms with Crippen molar-refractivity contribution in [1.29, 1.82) is 0 Å². The summed E-state index contributed by atoms with van der Waals surface area (Å²) >= 11 is 3.37. The Morgan fingerprint density at radius 1 is 1.44 bits per heavy atom. The van der Waals surface area contributed by atoms with Gasteiger partial charge in [-0.1, -0.05) is 6.07 Å². The Morgan fingerprint density at radius 3 is 2.81 bits per heavy atom. The quantitative estimate of drug-likeness (QED) is 0.813. The van der Waals surface area contributed by atoms with Crippen molar-refractivity contribution in [2.24, 2.45) is 0 Å². The summed E-state index contributed by atoms with van der Waals surface area (Å²) in [6, 6.07) is 6.51. The van der Waals surface area contributed by atoms with E-state index in [1.807, 2.05) is 18.2 Å². The summed E-state index contributed by atoms with van der Waals surface area (Å²) in [6.07, 6.45) is 1.15. The van der Waals surface area contributed by atoms with Crippen LogP contribution in [0.4, 0.5) is 0 Å². The predicted molar refractivity (Wildman–Crippen MR) is 71.4 cm³/mol. The molecule has 1 rings (SSSR count). The Bertz CT molecular complexity index is 315. The molecule has 1 aromatic heterocycles. The van der Waals surface area contributed by atoms with Crippen molar-refractivity contribution < 1.29 is 0 Å². The van der Waals surface area contributed by atoms with Crippen molar-refractivity contribution in [1.82, 2.24) is 15.2 Å². The maximum atomic E-state index is 4.38. The molecule has 1 aromatic rings. The number of hydrogen-bond donors (Lipinski definition) is 1. The summed E-state index contributed by atoms with van der Waals surface area (Å²) in [4.78, 5) is 6.59. The minimum absolute atomic E-state index is 0.517. The minimum Gasteiger partial charge on any atom is -0.309 e. The molecule has 1 unspecified atom stereocenters. The van der Waals surface area contributed by atoms with Gasteiger partial charge in [-0.15, -0.1) is 0 Å². The Morgan fingerprint density at radius 2 is 2.19 bits per heavy atom. The Labute approximate surface area is 106 Å². The number of pyridine rings is 1. The molecule has 1 heterocycles. The highest BCUT2D eigenvalue weighted by atomic mass is 79.9. The lowest BCUT2D eigenvalue weighted by Crippen LogP contribution is -2.29. The zero-order valence-corrected chi connectivity index (χ0v) is 11.8. The van der Waals surface area contributed by atoms with E-state index in [0.29, 0.717) is 6.04 Å². The zero-order valence-electron chi connectivity index (χ0n) is 10.2. The Balaban J connectivity index is 2.28. The largest absolute Gasteiger partial charge is 0.309 e. The van der Waals surface area contributed by atoms with Gasteiger partial charge in [-0.2, -0.15) is 0 Å². The number of hydrogen-bond acceptors (Lipinski definition) is 3. The third kappa shape index (κ3) is 5.58. The van der Waals surface area contributed by atoms with Crippen molar-refractivity contribution in [3.05, 3.63) is 28.5 Å². The number of nitrogens with one attached hydrogen (secondary N) is 1. The first-order valence-electron chi connectivity index (χ1n) is 5.57. The summed E-state index contributed by atoms with van der Waals surface area (Å²) < 4.78 is 0.896. The molecule has 16 heavy (non-hydrogen) atoms. The van der Waals surface area contributed by atoms with Crippen molar-refractivity contribution in [2.45, 2.75) is 25.9 Å². The summed E-state index contributed by atoms with van der Waals surface area (Å²) in [5.74, 6) is 0. The molecule has 0 aliphatic carbocycles. The van der Waals surface area contributed by atoms with Crippen LogP contribution in [0.15, 0.2) is 22.8 Å². The van der Waals surface area contributed by atoms with Gasteiger partial charge in [0.05, 0.1) is 5.69 Å². The SMILES string of the molecule is CC(CCN(C)C)NCc1cccc(Br)n1. The van der Waals surface area contributed by atoms with E-state index in [2.05, 4.69) is 52.1 Å². The van der Waals surface area contributed by atoms with Crippen LogP contribution in [0.2, 0.25) is 0 Å². The maximum Gasteiger partial charge on any atom is 0.106 e. The molecule has 4 heteroatoms.